The first-order valence-corrected chi connectivity index (χ1v) is 10.0. The van der Waals surface area contributed by atoms with E-state index in [2.05, 4.69) is 26.2 Å². The second-order valence-electron chi connectivity index (χ2n) is 7.19. The molecule has 2 heterocycles. The minimum absolute atomic E-state index is 0.154. The molecular formula is C22H16BrN3O4. The van der Waals surface area contributed by atoms with Crippen LogP contribution in [-0.4, -0.2) is 22.4 Å². The molecule has 1 aromatic heterocycles. The topological polar surface area (TPSA) is 93.2 Å². The molecule has 0 fully saturated rings. The first-order valence-electron chi connectivity index (χ1n) is 9.24. The fourth-order valence-electron chi connectivity index (χ4n) is 4.27. The van der Waals surface area contributed by atoms with E-state index in [0.29, 0.717) is 39.5 Å². The van der Waals surface area contributed by atoms with Crippen molar-refractivity contribution in [1.82, 2.24) is 9.55 Å². The molecule has 2 aromatic carbocycles. The number of nitrogens with one attached hydrogen (secondary N) is 2. The van der Waals surface area contributed by atoms with Crippen LogP contribution in [0.5, 0.6) is 5.75 Å². The maximum atomic E-state index is 13.4. The van der Waals surface area contributed by atoms with Crippen LogP contribution in [0.1, 0.15) is 33.0 Å². The normalized spacial score (nSPS) is 16.6. The zero-order valence-electron chi connectivity index (χ0n) is 16.1. The van der Waals surface area contributed by atoms with E-state index in [1.54, 1.807) is 32.4 Å². The number of aromatic amines is 1. The summed E-state index contributed by atoms with van der Waals surface area (Å²) in [6.07, 6.45) is 0. The number of nitrogens with zero attached hydrogens (tertiary/aromatic N) is 1. The summed E-state index contributed by atoms with van der Waals surface area (Å²) in [5.74, 6) is 0.0390. The monoisotopic (exact) mass is 465 g/mol. The number of Topliss-reactive ketones (excluding diaryl/α,β-unsaturated/α-hetero) is 1. The Bertz CT molecular complexity index is 1400. The van der Waals surface area contributed by atoms with Crippen LogP contribution in [0.3, 0.4) is 0 Å². The molecule has 2 N–H and O–H groups in total. The number of anilines is 1. The highest BCUT2D eigenvalue weighted by Crippen LogP contribution is 2.49. The molecule has 7 nitrogen and oxygen atoms in total. The van der Waals surface area contributed by atoms with Crippen molar-refractivity contribution in [3.05, 3.63) is 95.6 Å². The molecule has 8 heteroatoms. The van der Waals surface area contributed by atoms with Gasteiger partial charge in [-0.3, -0.25) is 19.1 Å². The number of methoxy groups -OCH3 is 1. The summed E-state index contributed by atoms with van der Waals surface area (Å²) in [6.45, 7) is 0. The van der Waals surface area contributed by atoms with Gasteiger partial charge in [0, 0.05) is 33.8 Å². The Labute approximate surface area is 179 Å². The Kier molecular flexibility index (Phi) is 4.08. The number of benzene rings is 2. The second kappa shape index (κ2) is 6.56. The second-order valence-corrected chi connectivity index (χ2v) is 8.10. The minimum Gasteiger partial charge on any atom is -0.496 e. The van der Waals surface area contributed by atoms with Gasteiger partial charge in [-0.05, 0) is 18.2 Å². The zero-order chi connectivity index (χ0) is 21.2. The number of rotatable bonds is 2. The summed E-state index contributed by atoms with van der Waals surface area (Å²) in [7, 11) is 3.12. The number of H-pyrrole nitrogens is 1. The van der Waals surface area contributed by atoms with Crippen LogP contribution in [0.25, 0.3) is 5.70 Å². The van der Waals surface area contributed by atoms with Gasteiger partial charge in [0.25, 0.3) is 5.56 Å². The third-order valence-electron chi connectivity index (χ3n) is 5.64. The summed E-state index contributed by atoms with van der Waals surface area (Å²) < 4.78 is 7.70. The number of hydrogen-bond acceptors (Lipinski definition) is 5. The summed E-state index contributed by atoms with van der Waals surface area (Å²) >= 11 is 3.48. The molecule has 0 spiro atoms. The van der Waals surface area contributed by atoms with E-state index in [-0.39, 0.29) is 5.78 Å². The van der Waals surface area contributed by atoms with Crippen LogP contribution in [0.2, 0.25) is 0 Å². The Hall–Kier alpha value is -3.39. The van der Waals surface area contributed by atoms with Crippen molar-refractivity contribution in [2.24, 2.45) is 7.05 Å². The average Bonchev–Trinajstić information content (AvgIpc) is 3.03. The molecule has 5 rings (SSSR count). The largest absolute Gasteiger partial charge is 0.496 e. The van der Waals surface area contributed by atoms with E-state index in [0.717, 1.165) is 10.0 Å². The molecule has 30 heavy (non-hydrogen) atoms. The predicted molar refractivity (Wildman–Crippen MR) is 116 cm³/mol. The third kappa shape index (κ3) is 2.46. The lowest BCUT2D eigenvalue weighted by Crippen LogP contribution is -2.37. The molecular weight excluding hydrogens is 450 g/mol. The van der Waals surface area contributed by atoms with Crippen LogP contribution >= 0.6 is 15.9 Å². The minimum atomic E-state index is -0.709. The number of ether oxygens (including phenoxy) is 1. The fourth-order valence-corrected chi connectivity index (χ4v) is 4.65. The van der Waals surface area contributed by atoms with Crippen molar-refractivity contribution < 1.29 is 9.53 Å². The molecule has 0 saturated heterocycles. The van der Waals surface area contributed by atoms with Gasteiger partial charge in [0.05, 0.1) is 24.3 Å². The highest BCUT2D eigenvalue weighted by molar-refractivity contribution is 9.10. The lowest BCUT2D eigenvalue weighted by atomic mass is 9.81. The first kappa shape index (κ1) is 18.6. The lowest BCUT2D eigenvalue weighted by molar-refractivity contribution is 0.103. The molecule has 0 amide bonds. The Morgan fingerprint density at radius 2 is 1.80 bits per heavy atom. The van der Waals surface area contributed by atoms with E-state index in [4.69, 9.17) is 4.74 Å². The number of halogens is 1. The maximum absolute atomic E-state index is 13.4. The van der Waals surface area contributed by atoms with Gasteiger partial charge in [0.1, 0.15) is 11.6 Å². The number of carbonyl (C=O) groups excluding carboxylic acids is 1. The fraction of sp³-hybridized carbons (Fsp3) is 0.136. The average molecular weight is 466 g/mol. The zero-order valence-corrected chi connectivity index (χ0v) is 17.7. The van der Waals surface area contributed by atoms with Crippen molar-refractivity contribution in [3.63, 3.8) is 0 Å². The lowest BCUT2D eigenvalue weighted by Gasteiger charge is -2.29. The van der Waals surface area contributed by atoms with Crippen LogP contribution in [-0.2, 0) is 7.05 Å². The van der Waals surface area contributed by atoms with Gasteiger partial charge in [0.2, 0.25) is 0 Å². The van der Waals surface area contributed by atoms with E-state index >= 15 is 0 Å². The number of fused-ring (bicyclic) bond motifs is 3. The van der Waals surface area contributed by atoms with Crippen molar-refractivity contribution in [2.45, 2.75) is 5.92 Å². The maximum Gasteiger partial charge on any atom is 0.329 e. The molecule has 1 unspecified atom stereocenters. The van der Waals surface area contributed by atoms with E-state index < -0.39 is 17.2 Å². The van der Waals surface area contributed by atoms with Gasteiger partial charge < -0.3 is 10.1 Å². The summed E-state index contributed by atoms with van der Waals surface area (Å²) in [4.78, 5) is 41.1. The highest BCUT2D eigenvalue weighted by Gasteiger charge is 2.43. The van der Waals surface area contributed by atoms with Crippen LogP contribution in [0.4, 0.5) is 5.82 Å². The summed E-state index contributed by atoms with van der Waals surface area (Å²) in [5, 5.41) is 3.20. The molecule has 150 valence electrons. The molecule has 0 saturated carbocycles. The molecule has 3 aromatic rings. The smallest absolute Gasteiger partial charge is 0.329 e. The Morgan fingerprint density at radius 1 is 1.07 bits per heavy atom. The number of hydrogen-bond donors (Lipinski definition) is 2. The number of aromatic nitrogens is 2. The van der Waals surface area contributed by atoms with E-state index in [1.807, 2.05) is 24.3 Å². The van der Waals surface area contributed by atoms with Crippen molar-refractivity contribution in [2.75, 3.05) is 12.4 Å². The molecule has 1 atom stereocenters. The first-order chi connectivity index (χ1) is 14.4. The van der Waals surface area contributed by atoms with E-state index in [1.165, 1.54) is 4.57 Å². The van der Waals surface area contributed by atoms with Gasteiger partial charge in [-0.25, -0.2) is 4.79 Å². The standard InChI is InChI=1S/C22H16BrN3O4/c1-26-20-17(21(28)25-22(26)29)15(13-9-10(23)7-8-14(13)30-2)16-18(24-20)11-5-3-4-6-12(11)19(16)27/h3-9,15,24H,1-2H3,(H,25,28,29). The number of carbonyl (C=O) groups is 1. The van der Waals surface area contributed by atoms with Crippen molar-refractivity contribution in [3.8, 4) is 5.75 Å². The number of ketones is 1. The van der Waals surface area contributed by atoms with Crippen molar-refractivity contribution >= 4 is 33.2 Å². The molecule has 0 radical (unpaired) electrons. The third-order valence-corrected chi connectivity index (χ3v) is 6.13. The van der Waals surface area contributed by atoms with E-state index in [9.17, 15) is 14.4 Å². The molecule has 1 aliphatic heterocycles. The molecule has 1 aliphatic carbocycles. The molecule has 2 aliphatic rings. The number of allylic oxidation sites excluding steroid dienone is 1. The van der Waals surface area contributed by atoms with Crippen LogP contribution in [0.15, 0.2) is 62.1 Å². The quantitative estimate of drug-likeness (QED) is 0.606. The SMILES string of the molecule is COc1ccc(Br)cc1C1C2=C(Nc3c1c(=O)[nH]c(=O)n3C)c1ccccc1C2=O. The predicted octanol–water partition coefficient (Wildman–Crippen LogP) is 3.01. The summed E-state index contributed by atoms with van der Waals surface area (Å²) in [6, 6.07) is 12.7. The van der Waals surface area contributed by atoms with Crippen LogP contribution in [0, 0.1) is 0 Å². The van der Waals surface area contributed by atoms with Gasteiger partial charge in [-0.15, -0.1) is 0 Å². The highest BCUT2D eigenvalue weighted by atomic mass is 79.9. The van der Waals surface area contributed by atoms with Gasteiger partial charge in [0.15, 0.2) is 5.78 Å². The van der Waals surface area contributed by atoms with Gasteiger partial charge in [-0.2, -0.15) is 0 Å². The Morgan fingerprint density at radius 3 is 2.53 bits per heavy atom. The summed E-state index contributed by atoms with van der Waals surface area (Å²) in [5.41, 5.74) is 2.26. The van der Waals surface area contributed by atoms with Gasteiger partial charge in [-0.1, -0.05) is 40.2 Å². The Balaban J connectivity index is 1.91. The van der Waals surface area contributed by atoms with Crippen LogP contribution < -0.4 is 21.3 Å². The van der Waals surface area contributed by atoms with Crippen molar-refractivity contribution in [1.29, 1.82) is 0 Å². The van der Waals surface area contributed by atoms with Gasteiger partial charge >= 0.3 is 5.69 Å². The molecule has 0 bridgehead atoms.